The highest BCUT2D eigenvalue weighted by Gasteiger charge is 2.30. The number of fused-ring (bicyclic) bond motifs is 1. The van der Waals surface area contributed by atoms with Crippen LogP contribution in [-0.2, 0) is 13.0 Å². The van der Waals surface area contributed by atoms with E-state index in [1.807, 2.05) is 0 Å². The molecular weight excluding hydrogens is 279 g/mol. The number of imidazole rings is 1. The number of nitrogens with two attached hydrogens (primary N) is 1. The van der Waals surface area contributed by atoms with Crippen LogP contribution in [0.4, 0.5) is 13.2 Å². The number of nitrogens with zero attached hydrogens (tertiary/aromatic N) is 2. The molecule has 1 heterocycles. The lowest BCUT2D eigenvalue weighted by Crippen LogP contribution is -2.20. The maximum atomic E-state index is 12.8. The van der Waals surface area contributed by atoms with Crippen molar-refractivity contribution in [1.29, 1.82) is 0 Å². The van der Waals surface area contributed by atoms with Crippen molar-refractivity contribution in [2.75, 3.05) is 6.54 Å². The van der Waals surface area contributed by atoms with Gasteiger partial charge in [-0.05, 0) is 37.4 Å². The second kappa shape index (κ2) is 6.47. The molecule has 6 heteroatoms. The summed E-state index contributed by atoms with van der Waals surface area (Å²) in [6, 6.07) is 6.95. The molecule has 0 aliphatic carbocycles. The van der Waals surface area contributed by atoms with Crippen molar-refractivity contribution in [3.05, 3.63) is 30.1 Å². The second-order valence-electron chi connectivity index (χ2n) is 5.44. The average Bonchev–Trinajstić information content (AvgIpc) is 2.73. The number of aromatic nitrogens is 2. The van der Waals surface area contributed by atoms with Crippen LogP contribution in [0.2, 0.25) is 0 Å². The van der Waals surface area contributed by atoms with Gasteiger partial charge in [0.1, 0.15) is 12.4 Å². The number of hydrogen-bond acceptors (Lipinski definition) is 2. The molecule has 1 unspecified atom stereocenters. The minimum Gasteiger partial charge on any atom is -0.330 e. The van der Waals surface area contributed by atoms with E-state index in [1.165, 1.54) is 4.57 Å². The maximum Gasteiger partial charge on any atom is 0.406 e. The number of hydrogen-bond donors (Lipinski definition) is 1. The third kappa shape index (κ3) is 4.20. The first-order valence-electron chi connectivity index (χ1n) is 7.11. The Bertz CT molecular complexity index is 589. The van der Waals surface area contributed by atoms with E-state index in [9.17, 15) is 13.2 Å². The Kier molecular flexibility index (Phi) is 4.88. The van der Waals surface area contributed by atoms with Gasteiger partial charge in [0.05, 0.1) is 11.0 Å². The molecule has 1 aromatic heterocycles. The second-order valence-corrected chi connectivity index (χ2v) is 5.44. The number of alkyl halides is 3. The number of aryl methyl sites for hydroxylation is 1. The van der Waals surface area contributed by atoms with Crippen LogP contribution in [0.3, 0.4) is 0 Å². The van der Waals surface area contributed by atoms with Crippen molar-refractivity contribution in [2.24, 2.45) is 11.7 Å². The van der Waals surface area contributed by atoms with Gasteiger partial charge in [-0.2, -0.15) is 13.2 Å². The largest absolute Gasteiger partial charge is 0.406 e. The molecule has 2 aromatic rings. The van der Waals surface area contributed by atoms with Crippen molar-refractivity contribution in [3.8, 4) is 0 Å². The summed E-state index contributed by atoms with van der Waals surface area (Å²) in [6.45, 7) is 1.66. The zero-order valence-electron chi connectivity index (χ0n) is 12.0. The molecule has 0 radical (unpaired) electrons. The summed E-state index contributed by atoms with van der Waals surface area (Å²) < 4.78 is 39.6. The Hall–Kier alpha value is -1.56. The molecule has 0 aliphatic rings. The van der Waals surface area contributed by atoms with Gasteiger partial charge in [-0.3, -0.25) is 0 Å². The Balaban J connectivity index is 2.26. The summed E-state index contributed by atoms with van der Waals surface area (Å²) in [7, 11) is 0. The molecule has 0 bridgehead atoms. The number of rotatable bonds is 6. The predicted molar refractivity (Wildman–Crippen MR) is 76.9 cm³/mol. The summed E-state index contributed by atoms with van der Waals surface area (Å²) in [4.78, 5) is 4.36. The van der Waals surface area contributed by atoms with Crippen LogP contribution in [0.15, 0.2) is 24.3 Å². The fourth-order valence-electron chi connectivity index (χ4n) is 2.48. The fourth-order valence-corrected chi connectivity index (χ4v) is 2.48. The van der Waals surface area contributed by atoms with Crippen LogP contribution in [0.1, 0.15) is 25.6 Å². The highest BCUT2D eigenvalue weighted by atomic mass is 19.4. The molecule has 2 rings (SSSR count). The van der Waals surface area contributed by atoms with Crippen molar-refractivity contribution in [3.63, 3.8) is 0 Å². The van der Waals surface area contributed by atoms with Gasteiger partial charge < -0.3 is 10.3 Å². The average molecular weight is 299 g/mol. The monoisotopic (exact) mass is 299 g/mol. The van der Waals surface area contributed by atoms with Crippen LogP contribution in [-0.4, -0.2) is 22.3 Å². The van der Waals surface area contributed by atoms with Crippen LogP contribution >= 0.6 is 0 Å². The van der Waals surface area contributed by atoms with E-state index in [-0.39, 0.29) is 0 Å². The number of para-hydroxylation sites is 2. The number of benzene rings is 1. The molecule has 1 atom stereocenters. The van der Waals surface area contributed by atoms with Crippen LogP contribution in [0.25, 0.3) is 11.0 Å². The van der Waals surface area contributed by atoms with Gasteiger partial charge in [0.15, 0.2) is 0 Å². The van der Waals surface area contributed by atoms with Crippen LogP contribution in [0.5, 0.6) is 0 Å². The van der Waals surface area contributed by atoms with Crippen molar-refractivity contribution in [1.82, 2.24) is 9.55 Å². The van der Waals surface area contributed by atoms with Gasteiger partial charge in [0.25, 0.3) is 0 Å². The van der Waals surface area contributed by atoms with Gasteiger partial charge >= 0.3 is 6.18 Å². The summed E-state index contributed by atoms with van der Waals surface area (Å²) in [5.74, 6) is 0.881. The van der Waals surface area contributed by atoms with Gasteiger partial charge in [0.2, 0.25) is 0 Å². The Morgan fingerprint density at radius 3 is 2.62 bits per heavy atom. The van der Waals surface area contributed by atoms with Crippen molar-refractivity contribution in [2.45, 2.75) is 38.9 Å². The first-order chi connectivity index (χ1) is 9.90. The molecule has 0 saturated carbocycles. The summed E-state index contributed by atoms with van der Waals surface area (Å²) >= 11 is 0. The molecule has 0 saturated heterocycles. The van der Waals surface area contributed by atoms with E-state index in [4.69, 9.17) is 5.73 Å². The lowest BCUT2D eigenvalue weighted by atomic mass is 10.0. The Morgan fingerprint density at radius 2 is 1.95 bits per heavy atom. The summed E-state index contributed by atoms with van der Waals surface area (Å²) in [6.07, 6.45) is -2.05. The SMILES string of the molecule is CC(CCN)CCc1nc2ccccc2n1CC(F)(F)F. The van der Waals surface area contributed by atoms with E-state index in [2.05, 4.69) is 11.9 Å². The lowest BCUT2D eigenvalue weighted by Gasteiger charge is -2.13. The van der Waals surface area contributed by atoms with Gasteiger partial charge in [-0.15, -0.1) is 0 Å². The van der Waals surface area contributed by atoms with E-state index >= 15 is 0 Å². The topological polar surface area (TPSA) is 43.8 Å². The van der Waals surface area contributed by atoms with E-state index in [1.54, 1.807) is 24.3 Å². The third-order valence-electron chi connectivity index (χ3n) is 3.59. The Morgan fingerprint density at radius 1 is 1.24 bits per heavy atom. The molecule has 2 N–H and O–H groups in total. The molecule has 0 fully saturated rings. The maximum absolute atomic E-state index is 12.8. The Labute approximate surface area is 122 Å². The summed E-state index contributed by atoms with van der Waals surface area (Å²) in [5, 5.41) is 0. The van der Waals surface area contributed by atoms with E-state index in [0.717, 1.165) is 12.8 Å². The molecule has 1 aromatic carbocycles. The van der Waals surface area contributed by atoms with Crippen molar-refractivity contribution >= 4 is 11.0 Å². The van der Waals surface area contributed by atoms with E-state index in [0.29, 0.717) is 35.7 Å². The number of halogens is 3. The molecule has 116 valence electrons. The molecule has 21 heavy (non-hydrogen) atoms. The van der Waals surface area contributed by atoms with Gasteiger partial charge in [0, 0.05) is 6.42 Å². The van der Waals surface area contributed by atoms with Gasteiger partial charge in [-0.1, -0.05) is 19.1 Å². The normalized spacial score (nSPS) is 13.8. The zero-order chi connectivity index (χ0) is 15.5. The van der Waals surface area contributed by atoms with Crippen LogP contribution < -0.4 is 5.73 Å². The summed E-state index contributed by atoms with van der Waals surface area (Å²) in [5.41, 5.74) is 6.66. The molecule has 0 spiro atoms. The van der Waals surface area contributed by atoms with E-state index < -0.39 is 12.7 Å². The van der Waals surface area contributed by atoms with Crippen molar-refractivity contribution < 1.29 is 13.2 Å². The third-order valence-corrected chi connectivity index (χ3v) is 3.59. The molecule has 3 nitrogen and oxygen atoms in total. The highest BCUT2D eigenvalue weighted by Crippen LogP contribution is 2.24. The first kappa shape index (κ1) is 15.8. The first-order valence-corrected chi connectivity index (χ1v) is 7.11. The molecule has 0 aliphatic heterocycles. The van der Waals surface area contributed by atoms with Crippen LogP contribution in [0, 0.1) is 5.92 Å². The smallest absolute Gasteiger partial charge is 0.330 e. The minimum absolute atomic E-state index is 0.383. The quantitative estimate of drug-likeness (QED) is 0.887. The standard InChI is InChI=1S/C15H20F3N3/c1-11(8-9-19)6-7-14-20-12-4-2-3-5-13(12)21(14)10-15(16,17)18/h2-5,11H,6-10,19H2,1H3. The molecule has 0 amide bonds. The predicted octanol–water partition coefficient (Wildman–Crippen LogP) is 3.52. The fraction of sp³-hybridized carbons (Fsp3) is 0.533. The minimum atomic E-state index is -4.25. The zero-order valence-corrected chi connectivity index (χ0v) is 12.0. The van der Waals surface area contributed by atoms with Gasteiger partial charge in [-0.25, -0.2) is 4.98 Å². The molecular formula is C15H20F3N3. The lowest BCUT2D eigenvalue weighted by molar-refractivity contribution is -0.140. The highest BCUT2D eigenvalue weighted by molar-refractivity contribution is 5.75.